The molecular weight excluding hydrogens is 269 g/mol. The molecule has 112 valence electrons. The van der Waals surface area contributed by atoms with E-state index in [1.165, 1.54) is 11.0 Å². The van der Waals surface area contributed by atoms with Crippen LogP contribution in [-0.4, -0.2) is 30.9 Å². The fourth-order valence-corrected chi connectivity index (χ4v) is 1.66. The summed E-state index contributed by atoms with van der Waals surface area (Å²) in [6.07, 6.45) is -3.64. The smallest absolute Gasteiger partial charge is 0.384 e. The number of benzene rings is 1. The van der Waals surface area contributed by atoms with E-state index in [0.29, 0.717) is 18.8 Å². The topological polar surface area (TPSA) is 32.3 Å². The van der Waals surface area contributed by atoms with Crippen LogP contribution in [0.1, 0.15) is 36.2 Å². The van der Waals surface area contributed by atoms with E-state index in [1.807, 2.05) is 6.92 Å². The van der Waals surface area contributed by atoms with Crippen LogP contribution in [0.25, 0.3) is 0 Å². The van der Waals surface area contributed by atoms with Gasteiger partial charge >= 0.3 is 6.18 Å². The zero-order valence-corrected chi connectivity index (χ0v) is 11.8. The molecule has 1 rings (SSSR count). The lowest BCUT2D eigenvalue weighted by Gasteiger charge is -2.19. The second kappa shape index (κ2) is 6.63. The minimum absolute atomic E-state index is 0.0534. The van der Waals surface area contributed by atoms with Crippen LogP contribution >= 0.6 is 0 Å². The summed E-state index contributed by atoms with van der Waals surface area (Å²) in [5.74, 6) is -0.419. The summed E-state index contributed by atoms with van der Waals surface area (Å²) in [4.78, 5) is 13.5. The van der Waals surface area contributed by atoms with E-state index in [1.54, 1.807) is 14.0 Å². The number of anilines is 1. The predicted molar refractivity (Wildman–Crippen MR) is 72.9 cm³/mol. The predicted octanol–water partition coefficient (Wildman–Crippen LogP) is 3.62. The van der Waals surface area contributed by atoms with Gasteiger partial charge in [0.15, 0.2) is 0 Å². The zero-order valence-electron chi connectivity index (χ0n) is 11.8. The van der Waals surface area contributed by atoms with Gasteiger partial charge in [-0.15, -0.1) is 0 Å². The highest BCUT2D eigenvalue weighted by atomic mass is 19.4. The van der Waals surface area contributed by atoms with E-state index in [0.717, 1.165) is 18.6 Å². The molecule has 1 N–H and O–H groups in total. The normalized spacial score (nSPS) is 11.3. The molecule has 20 heavy (non-hydrogen) atoms. The molecule has 0 aromatic heterocycles. The first-order chi connectivity index (χ1) is 9.31. The van der Waals surface area contributed by atoms with Crippen LogP contribution in [0.2, 0.25) is 0 Å². The molecule has 0 unspecified atom stereocenters. The monoisotopic (exact) mass is 288 g/mol. The average molecular weight is 288 g/mol. The summed E-state index contributed by atoms with van der Waals surface area (Å²) < 4.78 is 38.3. The van der Waals surface area contributed by atoms with Crippen molar-refractivity contribution in [1.29, 1.82) is 0 Å². The standard InChI is InChI=1S/C14H19F3N2O/c1-4-8-18-12-7-6-10(14(15,16)17)9-11(12)13(20)19(3)5-2/h6-7,9,18H,4-5,8H2,1-3H3. The van der Waals surface area contributed by atoms with E-state index in [4.69, 9.17) is 0 Å². The van der Waals surface area contributed by atoms with Crippen molar-refractivity contribution in [1.82, 2.24) is 4.90 Å². The van der Waals surface area contributed by atoms with Crippen molar-refractivity contribution in [2.24, 2.45) is 0 Å². The molecule has 0 radical (unpaired) electrons. The number of carbonyl (C=O) groups is 1. The maximum atomic E-state index is 12.8. The molecule has 0 heterocycles. The Morgan fingerprint density at radius 1 is 1.30 bits per heavy atom. The minimum Gasteiger partial charge on any atom is -0.384 e. The maximum Gasteiger partial charge on any atom is 0.416 e. The number of hydrogen-bond donors (Lipinski definition) is 1. The third kappa shape index (κ3) is 3.88. The van der Waals surface area contributed by atoms with Crippen LogP contribution in [0, 0.1) is 0 Å². The van der Waals surface area contributed by atoms with Crippen LogP contribution < -0.4 is 5.32 Å². The number of carbonyl (C=O) groups excluding carboxylic acids is 1. The number of nitrogens with one attached hydrogen (secondary N) is 1. The van der Waals surface area contributed by atoms with E-state index >= 15 is 0 Å². The third-order valence-corrected chi connectivity index (χ3v) is 2.96. The lowest BCUT2D eigenvalue weighted by Crippen LogP contribution is -2.27. The van der Waals surface area contributed by atoms with Crippen LogP contribution in [0.3, 0.4) is 0 Å². The van der Waals surface area contributed by atoms with Gasteiger partial charge in [-0.25, -0.2) is 0 Å². The van der Waals surface area contributed by atoms with Gasteiger partial charge in [0, 0.05) is 25.8 Å². The van der Waals surface area contributed by atoms with Gasteiger partial charge in [-0.05, 0) is 31.5 Å². The molecule has 1 amide bonds. The molecule has 0 fully saturated rings. The molecule has 0 bridgehead atoms. The van der Waals surface area contributed by atoms with Crippen molar-refractivity contribution in [2.75, 3.05) is 25.5 Å². The van der Waals surface area contributed by atoms with Crippen LogP contribution in [0.5, 0.6) is 0 Å². The highest BCUT2D eigenvalue weighted by Crippen LogP contribution is 2.32. The van der Waals surface area contributed by atoms with Crippen LogP contribution in [-0.2, 0) is 6.18 Å². The Bertz CT molecular complexity index is 472. The van der Waals surface area contributed by atoms with Crippen molar-refractivity contribution >= 4 is 11.6 Å². The lowest BCUT2D eigenvalue weighted by atomic mass is 10.1. The van der Waals surface area contributed by atoms with Gasteiger partial charge in [-0.1, -0.05) is 6.92 Å². The summed E-state index contributed by atoms with van der Waals surface area (Å²) >= 11 is 0. The molecule has 3 nitrogen and oxygen atoms in total. The van der Waals surface area contributed by atoms with Gasteiger partial charge < -0.3 is 10.2 Å². The quantitative estimate of drug-likeness (QED) is 0.897. The van der Waals surface area contributed by atoms with E-state index in [-0.39, 0.29) is 5.56 Å². The summed E-state index contributed by atoms with van der Waals surface area (Å²) in [6.45, 7) is 4.74. The number of hydrogen-bond acceptors (Lipinski definition) is 2. The fraction of sp³-hybridized carbons (Fsp3) is 0.500. The fourth-order valence-electron chi connectivity index (χ4n) is 1.66. The molecule has 0 aliphatic heterocycles. The molecule has 0 aliphatic carbocycles. The van der Waals surface area contributed by atoms with Crippen LogP contribution in [0.4, 0.5) is 18.9 Å². The second-order valence-corrected chi connectivity index (χ2v) is 4.50. The van der Waals surface area contributed by atoms with Crippen LogP contribution in [0.15, 0.2) is 18.2 Å². The number of rotatable bonds is 5. The van der Waals surface area contributed by atoms with Gasteiger partial charge in [0.25, 0.3) is 5.91 Å². The maximum absolute atomic E-state index is 12.8. The molecule has 0 saturated carbocycles. The summed E-state index contributed by atoms with van der Waals surface area (Å²) in [6, 6.07) is 3.21. The Hall–Kier alpha value is -1.72. The average Bonchev–Trinajstić information content (AvgIpc) is 2.42. The highest BCUT2D eigenvalue weighted by molar-refractivity contribution is 5.99. The number of amides is 1. The molecular formula is C14H19F3N2O. The molecule has 1 aromatic carbocycles. The Kier molecular flexibility index (Phi) is 5.42. The van der Waals surface area contributed by atoms with Gasteiger partial charge in [0.2, 0.25) is 0 Å². The Labute approximate surface area is 116 Å². The molecule has 0 aliphatic rings. The van der Waals surface area contributed by atoms with E-state index in [2.05, 4.69) is 5.32 Å². The van der Waals surface area contributed by atoms with Crippen molar-refractivity contribution in [3.05, 3.63) is 29.3 Å². The van der Waals surface area contributed by atoms with Crippen molar-refractivity contribution in [2.45, 2.75) is 26.4 Å². The first kappa shape index (κ1) is 16.3. The first-order valence-electron chi connectivity index (χ1n) is 6.51. The number of halogens is 3. The summed E-state index contributed by atoms with van der Waals surface area (Å²) in [5, 5.41) is 2.99. The minimum atomic E-state index is -4.46. The number of alkyl halides is 3. The summed E-state index contributed by atoms with van der Waals surface area (Å²) in [7, 11) is 1.56. The van der Waals surface area contributed by atoms with Crippen molar-refractivity contribution in [3.8, 4) is 0 Å². The van der Waals surface area contributed by atoms with Crippen molar-refractivity contribution in [3.63, 3.8) is 0 Å². The Morgan fingerprint density at radius 2 is 1.95 bits per heavy atom. The third-order valence-electron chi connectivity index (χ3n) is 2.96. The molecule has 0 saturated heterocycles. The summed E-state index contributed by atoms with van der Waals surface area (Å²) in [5.41, 5.74) is -0.324. The number of nitrogens with zero attached hydrogens (tertiary/aromatic N) is 1. The molecule has 0 spiro atoms. The van der Waals surface area contributed by atoms with Gasteiger partial charge in [-0.2, -0.15) is 13.2 Å². The largest absolute Gasteiger partial charge is 0.416 e. The van der Waals surface area contributed by atoms with Crippen molar-refractivity contribution < 1.29 is 18.0 Å². The molecule has 6 heteroatoms. The first-order valence-corrected chi connectivity index (χ1v) is 6.51. The van der Waals surface area contributed by atoms with E-state index < -0.39 is 17.6 Å². The highest BCUT2D eigenvalue weighted by Gasteiger charge is 2.32. The molecule has 1 aromatic rings. The van der Waals surface area contributed by atoms with Gasteiger partial charge in [0.1, 0.15) is 0 Å². The second-order valence-electron chi connectivity index (χ2n) is 4.50. The Morgan fingerprint density at radius 3 is 2.45 bits per heavy atom. The van der Waals surface area contributed by atoms with E-state index in [9.17, 15) is 18.0 Å². The zero-order chi connectivity index (χ0) is 15.3. The van der Waals surface area contributed by atoms with Gasteiger partial charge in [-0.3, -0.25) is 4.79 Å². The SMILES string of the molecule is CCCNc1ccc(C(F)(F)F)cc1C(=O)N(C)CC. The lowest BCUT2D eigenvalue weighted by molar-refractivity contribution is -0.137. The molecule has 0 atom stereocenters. The Balaban J connectivity index is 3.22. The van der Waals surface area contributed by atoms with Gasteiger partial charge in [0.05, 0.1) is 11.1 Å².